The molecule has 3 heteroatoms. The van der Waals surface area contributed by atoms with Gasteiger partial charge in [0.25, 0.3) is 0 Å². The zero-order chi connectivity index (χ0) is 15.5. The predicted molar refractivity (Wildman–Crippen MR) is 89.6 cm³/mol. The van der Waals surface area contributed by atoms with E-state index in [4.69, 9.17) is 4.74 Å². The smallest absolute Gasteiger partial charge is 0.0897 e. The Hall–Kier alpha value is -0.120. The lowest BCUT2D eigenvalue weighted by Gasteiger charge is -2.30. The number of rotatable bonds is 11. The third kappa shape index (κ3) is 8.18. The number of aliphatic hydroxyl groups is 1. The highest BCUT2D eigenvalue weighted by atomic mass is 16.5. The van der Waals surface area contributed by atoms with Crippen LogP contribution in [0.2, 0.25) is 0 Å². The predicted octanol–water partition coefficient (Wildman–Crippen LogP) is 3.89. The molecular weight excluding hydrogens is 262 g/mol. The van der Waals surface area contributed by atoms with Gasteiger partial charge in [-0.05, 0) is 31.6 Å². The van der Waals surface area contributed by atoms with Gasteiger partial charge >= 0.3 is 0 Å². The lowest BCUT2D eigenvalue weighted by atomic mass is 9.88. The maximum Gasteiger partial charge on any atom is 0.0897 e. The van der Waals surface area contributed by atoms with Gasteiger partial charge in [0.1, 0.15) is 0 Å². The van der Waals surface area contributed by atoms with Crippen molar-refractivity contribution in [3.8, 4) is 0 Å². The molecule has 0 amide bonds. The average Bonchev–Trinajstić information content (AvgIpc) is 2.49. The Bertz CT molecular complexity index is 247. The summed E-state index contributed by atoms with van der Waals surface area (Å²) in [6.45, 7) is 7.88. The van der Waals surface area contributed by atoms with Crippen molar-refractivity contribution in [1.29, 1.82) is 0 Å². The molecule has 4 atom stereocenters. The van der Waals surface area contributed by atoms with Gasteiger partial charge in [-0.25, -0.2) is 0 Å². The molecule has 0 aromatic carbocycles. The van der Waals surface area contributed by atoms with Crippen molar-refractivity contribution in [2.24, 2.45) is 5.92 Å². The van der Waals surface area contributed by atoms with Gasteiger partial charge in [0.2, 0.25) is 0 Å². The summed E-state index contributed by atoms with van der Waals surface area (Å²) >= 11 is 0. The summed E-state index contributed by atoms with van der Waals surface area (Å²) < 4.78 is 5.94. The normalized spacial score (nSPS) is 25.7. The summed E-state index contributed by atoms with van der Waals surface area (Å²) in [5.41, 5.74) is 0. The Morgan fingerprint density at radius 2 is 1.90 bits per heavy atom. The average molecular weight is 299 g/mol. The van der Waals surface area contributed by atoms with Gasteiger partial charge in [0.05, 0.1) is 18.8 Å². The van der Waals surface area contributed by atoms with Crippen molar-refractivity contribution in [3.05, 3.63) is 0 Å². The molecule has 1 saturated carbocycles. The van der Waals surface area contributed by atoms with Gasteiger partial charge in [-0.15, -0.1) is 0 Å². The molecule has 1 fully saturated rings. The van der Waals surface area contributed by atoms with Gasteiger partial charge in [-0.1, -0.05) is 52.9 Å². The van der Waals surface area contributed by atoms with Crippen LogP contribution in [0.4, 0.5) is 0 Å². The summed E-state index contributed by atoms with van der Waals surface area (Å²) in [6, 6.07) is 0.554. The van der Waals surface area contributed by atoms with Crippen molar-refractivity contribution in [2.75, 3.05) is 13.2 Å². The third-order valence-corrected chi connectivity index (χ3v) is 4.72. The fraction of sp³-hybridized carbons (Fsp3) is 1.00. The number of unbranched alkanes of at least 4 members (excludes halogenated alkanes) is 1. The third-order valence-electron chi connectivity index (χ3n) is 4.72. The minimum absolute atomic E-state index is 0.361. The highest BCUT2D eigenvalue weighted by Gasteiger charge is 2.22. The molecule has 0 heterocycles. The lowest BCUT2D eigenvalue weighted by Crippen LogP contribution is -2.39. The second-order valence-corrected chi connectivity index (χ2v) is 6.82. The Morgan fingerprint density at radius 1 is 1.14 bits per heavy atom. The molecule has 0 bridgehead atoms. The van der Waals surface area contributed by atoms with Crippen LogP contribution in [0.15, 0.2) is 0 Å². The number of ether oxygens (including phenoxy) is 1. The van der Waals surface area contributed by atoms with Crippen LogP contribution < -0.4 is 5.32 Å². The molecule has 1 rings (SSSR count). The van der Waals surface area contributed by atoms with Crippen LogP contribution in [0, 0.1) is 5.92 Å². The number of hydrogen-bond acceptors (Lipinski definition) is 3. The molecule has 0 spiro atoms. The molecule has 1 aliphatic carbocycles. The summed E-state index contributed by atoms with van der Waals surface area (Å²) in [5, 5.41) is 13.6. The van der Waals surface area contributed by atoms with E-state index in [2.05, 4.69) is 26.1 Å². The van der Waals surface area contributed by atoms with Crippen molar-refractivity contribution in [2.45, 2.75) is 96.8 Å². The zero-order valence-corrected chi connectivity index (χ0v) is 14.4. The zero-order valence-electron chi connectivity index (χ0n) is 14.4. The molecule has 0 aliphatic heterocycles. The molecule has 0 aromatic heterocycles. The first kappa shape index (κ1) is 18.9. The maximum atomic E-state index is 10.1. The van der Waals surface area contributed by atoms with E-state index < -0.39 is 0 Å². The fourth-order valence-electron chi connectivity index (χ4n) is 3.27. The van der Waals surface area contributed by atoms with Crippen molar-refractivity contribution in [1.82, 2.24) is 5.32 Å². The first-order chi connectivity index (χ1) is 10.2. The molecule has 2 N–H and O–H groups in total. The first-order valence-corrected chi connectivity index (χ1v) is 9.20. The molecule has 0 radical (unpaired) electrons. The minimum atomic E-state index is -0.375. The maximum absolute atomic E-state index is 10.1. The van der Waals surface area contributed by atoms with E-state index in [1.165, 1.54) is 51.4 Å². The standard InChI is InChI=1S/C18H37NO2/c1-4-6-11-16(9-5-2)19-13-17(20)14-21-18-12-8-7-10-15(18)3/h15-20H,4-14H2,1-3H3. The second kappa shape index (κ2) is 11.4. The second-order valence-electron chi connectivity index (χ2n) is 6.82. The summed E-state index contributed by atoms with van der Waals surface area (Å²) in [4.78, 5) is 0. The number of nitrogens with one attached hydrogen (secondary N) is 1. The summed E-state index contributed by atoms with van der Waals surface area (Å²) in [7, 11) is 0. The summed E-state index contributed by atoms with van der Waals surface area (Å²) in [5.74, 6) is 0.649. The topological polar surface area (TPSA) is 41.5 Å². The number of hydrogen-bond donors (Lipinski definition) is 2. The van der Waals surface area contributed by atoms with Gasteiger partial charge in [0.15, 0.2) is 0 Å². The molecule has 3 nitrogen and oxygen atoms in total. The largest absolute Gasteiger partial charge is 0.389 e. The Labute approximate surface area is 131 Å². The van der Waals surface area contributed by atoms with E-state index >= 15 is 0 Å². The van der Waals surface area contributed by atoms with Gasteiger partial charge in [-0.3, -0.25) is 0 Å². The van der Waals surface area contributed by atoms with Crippen LogP contribution in [0.3, 0.4) is 0 Å². The van der Waals surface area contributed by atoms with Crippen molar-refractivity contribution < 1.29 is 9.84 Å². The fourth-order valence-corrected chi connectivity index (χ4v) is 3.27. The molecule has 126 valence electrons. The van der Waals surface area contributed by atoms with Gasteiger partial charge in [0, 0.05) is 12.6 Å². The van der Waals surface area contributed by atoms with E-state index in [0.29, 0.717) is 31.2 Å². The van der Waals surface area contributed by atoms with Crippen LogP contribution in [0.25, 0.3) is 0 Å². The number of aliphatic hydroxyl groups excluding tert-OH is 1. The quantitative estimate of drug-likeness (QED) is 0.608. The van der Waals surface area contributed by atoms with Crippen molar-refractivity contribution >= 4 is 0 Å². The van der Waals surface area contributed by atoms with Crippen LogP contribution in [-0.4, -0.2) is 36.5 Å². The van der Waals surface area contributed by atoms with E-state index in [9.17, 15) is 5.11 Å². The van der Waals surface area contributed by atoms with E-state index in [0.717, 1.165) is 6.42 Å². The van der Waals surface area contributed by atoms with Gasteiger partial charge in [-0.2, -0.15) is 0 Å². The monoisotopic (exact) mass is 299 g/mol. The van der Waals surface area contributed by atoms with Gasteiger partial charge < -0.3 is 15.2 Å². The molecule has 1 aliphatic rings. The Morgan fingerprint density at radius 3 is 2.57 bits per heavy atom. The van der Waals surface area contributed by atoms with Crippen LogP contribution in [0.5, 0.6) is 0 Å². The molecule has 21 heavy (non-hydrogen) atoms. The first-order valence-electron chi connectivity index (χ1n) is 9.20. The molecule has 0 saturated heterocycles. The SMILES string of the molecule is CCCCC(CCC)NCC(O)COC1CCCCC1C. The van der Waals surface area contributed by atoms with Crippen LogP contribution in [0.1, 0.15) is 78.6 Å². The van der Waals surface area contributed by atoms with Crippen LogP contribution >= 0.6 is 0 Å². The van der Waals surface area contributed by atoms with Crippen molar-refractivity contribution in [3.63, 3.8) is 0 Å². The summed E-state index contributed by atoms with van der Waals surface area (Å²) in [6.07, 6.45) is 11.2. The Kier molecular flexibility index (Phi) is 10.3. The Balaban J connectivity index is 2.17. The van der Waals surface area contributed by atoms with Crippen LogP contribution in [-0.2, 0) is 4.74 Å². The molecule has 4 unspecified atom stereocenters. The highest BCUT2D eigenvalue weighted by molar-refractivity contribution is 4.74. The van der Waals surface area contributed by atoms with E-state index in [1.807, 2.05) is 0 Å². The molecular formula is C18H37NO2. The highest BCUT2D eigenvalue weighted by Crippen LogP contribution is 2.26. The molecule has 0 aromatic rings. The lowest BCUT2D eigenvalue weighted by molar-refractivity contribution is -0.0457. The van der Waals surface area contributed by atoms with E-state index in [-0.39, 0.29) is 6.10 Å². The van der Waals surface area contributed by atoms with E-state index in [1.54, 1.807) is 0 Å². The minimum Gasteiger partial charge on any atom is -0.389 e.